The minimum atomic E-state index is -0.717. The number of fused-ring (bicyclic) bond motifs is 2. The molecule has 0 radical (unpaired) electrons. The zero-order valence-electron chi connectivity index (χ0n) is 42.4. The van der Waals surface area contributed by atoms with Gasteiger partial charge >= 0.3 is 0 Å². The molecule has 16 heteroatoms. The zero-order chi connectivity index (χ0) is 49.8. The van der Waals surface area contributed by atoms with Gasteiger partial charge in [0, 0.05) is 13.1 Å². The molecule has 69 heavy (non-hydrogen) atoms. The van der Waals surface area contributed by atoms with Crippen LogP contribution in [-0.4, -0.2) is 122 Å². The molecule has 2 aliphatic carbocycles. The number of likely N-dealkylation sites (tertiary alicyclic amines) is 2. The molecule has 380 valence electrons. The average molecular weight is 957 g/mol. The Balaban J connectivity index is 0.966. The van der Waals surface area contributed by atoms with Gasteiger partial charge in [0.2, 0.25) is 35.4 Å². The first-order valence-electron chi connectivity index (χ1n) is 25.8. The maximum atomic E-state index is 13.9. The van der Waals surface area contributed by atoms with Crippen molar-refractivity contribution < 1.29 is 38.2 Å². The van der Waals surface area contributed by atoms with Crippen molar-refractivity contribution in [3.05, 3.63) is 58.7 Å². The van der Waals surface area contributed by atoms with Gasteiger partial charge in [0.25, 0.3) is 0 Å². The minimum absolute atomic E-state index is 0.138. The molecule has 6 rings (SSSR count). The number of benzene rings is 2. The lowest BCUT2D eigenvalue weighted by Gasteiger charge is -2.33. The van der Waals surface area contributed by atoms with Gasteiger partial charge in [-0.1, -0.05) is 52.0 Å². The van der Waals surface area contributed by atoms with Gasteiger partial charge in [-0.05, 0) is 158 Å². The van der Waals surface area contributed by atoms with Crippen molar-refractivity contribution in [2.24, 2.45) is 11.8 Å². The Bertz CT molecular complexity index is 1970. The molecule has 16 nitrogen and oxygen atoms in total. The standard InChI is InChI=1S/C53H80N8O8/c1-32(2)46(58-48(62)34(5)54-7)52(66)60-28-16-24-42(60)50(64)56-40-22-12-20-38-36(40)18-14-26-44(38)68-30-10-9-11-31-69-45-27-15-19-37-39(45)21-13-23-41(37)57-51(65)43-25-17-29-61(43)53(67)47(33(3)4)59-49(63)35(6)55-8/h14-15,18-19,26-27,32-35,40-43,46-47,54-55H,9-13,16-17,20-25,28-31H2,1-8H3,(H,56,64)(H,57,65)(H,58,62)(H,59,63)/t34?,35?,40-,41-,42+,43+,46?,47?/m1/s1. The summed E-state index contributed by atoms with van der Waals surface area (Å²) in [6, 6.07) is 8.26. The maximum absolute atomic E-state index is 13.9. The van der Waals surface area contributed by atoms with Crippen LogP contribution in [-0.2, 0) is 41.6 Å². The second kappa shape index (κ2) is 25.1. The van der Waals surface area contributed by atoms with Crippen LogP contribution in [0.5, 0.6) is 11.5 Å². The van der Waals surface area contributed by atoms with Gasteiger partial charge in [0.15, 0.2) is 0 Å². The second-order valence-corrected chi connectivity index (χ2v) is 20.2. The molecule has 2 saturated heterocycles. The van der Waals surface area contributed by atoms with Crippen LogP contribution in [0.2, 0.25) is 0 Å². The summed E-state index contributed by atoms with van der Waals surface area (Å²) in [7, 11) is 3.40. The first-order chi connectivity index (χ1) is 33.1. The van der Waals surface area contributed by atoms with Crippen LogP contribution >= 0.6 is 0 Å². The minimum Gasteiger partial charge on any atom is -0.493 e. The van der Waals surface area contributed by atoms with Gasteiger partial charge in [-0.25, -0.2) is 0 Å². The average Bonchev–Trinajstić information content (AvgIpc) is 4.05. The number of ether oxygens (including phenoxy) is 2. The Labute approximate surface area is 409 Å². The molecule has 2 aromatic carbocycles. The number of nitrogens with zero attached hydrogens (tertiary/aromatic N) is 2. The van der Waals surface area contributed by atoms with E-state index in [1.807, 2.05) is 52.0 Å². The number of nitrogens with one attached hydrogen (secondary N) is 6. The molecule has 6 N–H and O–H groups in total. The summed E-state index contributed by atoms with van der Waals surface area (Å²) in [5.74, 6) is 0.170. The molecule has 0 spiro atoms. The SMILES string of the molecule is CNC(C)C(=O)NC(C(=O)N1CCC[C@H]1C(=O)N[C@@H]1CCCc2c(OCCCCCOc3cccc4c3CCC[C@H]4NC(=O)[C@@H]3CCCN3C(=O)C(NC(=O)C(C)NC)C(C)C)cccc21)C(C)C. The van der Waals surface area contributed by atoms with Crippen LogP contribution in [0, 0.1) is 11.8 Å². The molecule has 4 unspecified atom stereocenters. The Kier molecular flexibility index (Phi) is 19.3. The Morgan fingerprint density at radius 3 is 1.35 bits per heavy atom. The molecule has 0 bridgehead atoms. The Morgan fingerprint density at radius 1 is 0.565 bits per heavy atom. The molecular formula is C53H80N8O8. The van der Waals surface area contributed by atoms with Crippen molar-refractivity contribution in [3.63, 3.8) is 0 Å². The number of hydrogen-bond acceptors (Lipinski definition) is 10. The van der Waals surface area contributed by atoms with E-state index in [2.05, 4.69) is 44.0 Å². The first-order valence-corrected chi connectivity index (χ1v) is 25.8. The lowest BCUT2D eigenvalue weighted by molar-refractivity contribution is -0.142. The fraction of sp³-hybridized carbons (Fsp3) is 0.660. The van der Waals surface area contributed by atoms with Crippen LogP contribution in [0.15, 0.2) is 36.4 Å². The summed E-state index contributed by atoms with van der Waals surface area (Å²) in [4.78, 5) is 84.1. The largest absolute Gasteiger partial charge is 0.493 e. The number of carbonyl (C=O) groups is 6. The monoisotopic (exact) mass is 957 g/mol. The molecule has 0 saturated carbocycles. The highest BCUT2D eigenvalue weighted by Gasteiger charge is 2.42. The summed E-state index contributed by atoms with van der Waals surface area (Å²) in [6.07, 6.45) is 10.4. The van der Waals surface area contributed by atoms with E-state index in [0.717, 1.165) is 104 Å². The van der Waals surface area contributed by atoms with Crippen molar-refractivity contribution in [2.75, 3.05) is 40.4 Å². The first kappa shape index (κ1) is 53.1. The summed E-state index contributed by atoms with van der Waals surface area (Å²) in [5, 5.41) is 18.2. The summed E-state index contributed by atoms with van der Waals surface area (Å²) >= 11 is 0. The van der Waals surface area contributed by atoms with Crippen molar-refractivity contribution in [3.8, 4) is 11.5 Å². The van der Waals surface area contributed by atoms with Crippen molar-refractivity contribution in [1.82, 2.24) is 41.7 Å². The van der Waals surface area contributed by atoms with Gasteiger partial charge in [-0.2, -0.15) is 0 Å². The van der Waals surface area contributed by atoms with Gasteiger partial charge in [-0.15, -0.1) is 0 Å². The van der Waals surface area contributed by atoms with Crippen LogP contribution in [0.4, 0.5) is 0 Å². The molecule has 2 heterocycles. The van der Waals surface area contributed by atoms with Crippen LogP contribution in [0.3, 0.4) is 0 Å². The van der Waals surface area contributed by atoms with Crippen molar-refractivity contribution >= 4 is 35.4 Å². The number of rotatable bonds is 22. The molecule has 0 aromatic heterocycles. The summed E-state index contributed by atoms with van der Waals surface area (Å²) in [5.41, 5.74) is 4.36. The van der Waals surface area contributed by atoms with Gasteiger partial charge < -0.3 is 51.2 Å². The highest BCUT2D eigenvalue weighted by atomic mass is 16.5. The van der Waals surface area contributed by atoms with Crippen LogP contribution in [0.25, 0.3) is 0 Å². The fourth-order valence-electron chi connectivity index (χ4n) is 10.3. The second-order valence-electron chi connectivity index (χ2n) is 20.2. The topological polar surface area (TPSA) is 200 Å². The quantitative estimate of drug-likeness (QED) is 0.0894. The van der Waals surface area contributed by atoms with Crippen molar-refractivity contribution in [2.45, 2.75) is 173 Å². The number of unbranched alkanes of at least 4 members (excludes halogenated alkanes) is 2. The molecule has 8 atom stereocenters. The molecule has 2 aromatic rings. The highest BCUT2D eigenvalue weighted by molar-refractivity contribution is 5.95. The number of amides is 6. The molecule has 6 amide bonds. The van der Waals surface area contributed by atoms with E-state index in [9.17, 15) is 28.8 Å². The zero-order valence-corrected chi connectivity index (χ0v) is 42.4. The molecule has 4 aliphatic rings. The van der Waals surface area contributed by atoms with E-state index in [-0.39, 0.29) is 59.4 Å². The number of hydrogen-bond donors (Lipinski definition) is 6. The fourth-order valence-corrected chi connectivity index (χ4v) is 10.3. The summed E-state index contributed by atoms with van der Waals surface area (Å²) < 4.78 is 12.8. The van der Waals surface area contributed by atoms with E-state index in [4.69, 9.17) is 9.47 Å². The van der Waals surface area contributed by atoms with Gasteiger partial charge in [0.05, 0.1) is 37.4 Å². The lowest BCUT2D eigenvalue weighted by Crippen LogP contribution is -2.57. The molecular weight excluding hydrogens is 877 g/mol. The third kappa shape index (κ3) is 13.2. The van der Waals surface area contributed by atoms with Gasteiger partial charge in [-0.3, -0.25) is 28.8 Å². The third-order valence-corrected chi connectivity index (χ3v) is 14.7. The Morgan fingerprint density at radius 2 is 0.971 bits per heavy atom. The van der Waals surface area contributed by atoms with E-state index in [1.165, 1.54) is 0 Å². The van der Waals surface area contributed by atoms with Gasteiger partial charge in [0.1, 0.15) is 35.7 Å². The van der Waals surface area contributed by atoms with Crippen LogP contribution < -0.4 is 41.4 Å². The molecule has 2 aliphatic heterocycles. The predicted molar refractivity (Wildman–Crippen MR) is 265 cm³/mol. The Hall–Kier alpha value is -5.22. The predicted octanol–water partition coefficient (Wildman–Crippen LogP) is 4.78. The number of likely N-dealkylation sites (N-methyl/N-ethyl adjacent to an activating group) is 2. The van der Waals surface area contributed by atoms with Crippen LogP contribution in [0.1, 0.15) is 147 Å². The lowest BCUT2D eigenvalue weighted by atomic mass is 9.87. The normalized spacial score (nSPS) is 21.7. The number of carbonyl (C=O) groups excluding carboxylic acids is 6. The smallest absolute Gasteiger partial charge is 0.246 e. The van der Waals surface area contributed by atoms with E-state index >= 15 is 0 Å². The summed E-state index contributed by atoms with van der Waals surface area (Å²) in [6.45, 7) is 13.2. The molecule has 2 fully saturated rings. The van der Waals surface area contributed by atoms with Crippen molar-refractivity contribution in [1.29, 1.82) is 0 Å². The van der Waals surface area contributed by atoms with E-state index in [0.29, 0.717) is 39.1 Å². The van der Waals surface area contributed by atoms with E-state index in [1.54, 1.807) is 37.7 Å². The maximum Gasteiger partial charge on any atom is 0.246 e. The third-order valence-electron chi connectivity index (χ3n) is 14.7. The van der Waals surface area contributed by atoms with E-state index < -0.39 is 36.3 Å². The highest BCUT2D eigenvalue weighted by Crippen LogP contribution is 2.38.